The van der Waals surface area contributed by atoms with E-state index in [1.54, 1.807) is 12.1 Å². The third-order valence-corrected chi connectivity index (χ3v) is 5.73. The Balaban J connectivity index is 2.78. The van der Waals surface area contributed by atoms with Crippen LogP contribution in [-0.4, -0.2) is 11.1 Å². The fourth-order valence-corrected chi connectivity index (χ4v) is 4.28. The molecule has 0 radical (unpaired) electrons. The summed E-state index contributed by atoms with van der Waals surface area (Å²) in [7, 11) is 0. The van der Waals surface area contributed by atoms with E-state index in [0.717, 1.165) is 22.3 Å². The van der Waals surface area contributed by atoms with Gasteiger partial charge in [-0.25, -0.2) is 4.79 Å². The topological polar surface area (TPSA) is 46.5 Å². The van der Waals surface area contributed by atoms with E-state index < -0.39 is 0 Å². The van der Waals surface area contributed by atoms with E-state index in [4.69, 9.17) is 4.74 Å². The maximum absolute atomic E-state index is 13.7. The molecule has 32 heavy (non-hydrogen) atoms. The van der Waals surface area contributed by atoms with Crippen LogP contribution in [0.4, 0.5) is 0 Å². The molecule has 176 valence electrons. The third-order valence-electron chi connectivity index (χ3n) is 5.73. The Morgan fingerprint density at radius 3 is 1.47 bits per heavy atom. The van der Waals surface area contributed by atoms with Crippen LogP contribution < -0.4 is 4.74 Å². The van der Waals surface area contributed by atoms with Crippen LogP contribution in [-0.2, 0) is 21.7 Å². The Labute approximate surface area is 195 Å². The minimum absolute atomic E-state index is 0.185. The lowest BCUT2D eigenvalue weighted by Gasteiger charge is -2.33. The van der Waals surface area contributed by atoms with E-state index in [1.807, 2.05) is 18.2 Å². The Hall–Kier alpha value is -2.29. The average Bonchev–Trinajstić information content (AvgIpc) is 2.57. The largest absolute Gasteiger partial charge is 0.508 e. The summed E-state index contributed by atoms with van der Waals surface area (Å²) in [5, 5.41) is 10.7. The monoisotopic (exact) mass is 438 g/mol. The molecule has 0 fully saturated rings. The first-order valence-corrected chi connectivity index (χ1v) is 11.5. The molecular formula is C29H42O3. The molecule has 0 spiro atoms. The van der Waals surface area contributed by atoms with Crippen molar-refractivity contribution in [1.29, 1.82) is 0 Å². The molecule has 0 aliphatic heterocycles. The Morgan fingerprint density at radius 1 is 0.656 bits per heavy atom. The number of phenolic OH excluding ortho intramolecular Hbond substituents is 1. The molecular weight excluding hydrogens is 396 g/mol. The van der Waals surface area contributed by atoms with E-state index in [-0.39, 0.29) is 33.4 Å². The SMILES string of the molecule is CC(C)(C)c1cccc(C(C)(C)C)c1OC(=O)c1ccc(O)c(C(C)(C)C)c1C(C)(C)C. The first-order chi connectivity index (χ1) is 14.3. The van der Waals surface area contributed by atoms with Gasteiger partial charge in [0.1, 0.15) is 11.5 Å². The number of carbonyl (C=O) groups excluding carboxylic acids is 1. The first-order valence-electron chi connectivity index (χ1n) is 11.5. The van der Waals surface area contributed by atoms with Crippen LogP contribution in [0.2, 0.25) is 0 Å². The Kier molecular flexibility index (Phi) is 6.69. The second kappa shape index (κ2) is 8.24. The van der Waals surface area contributed by atoms with E-state index >= 15 is 0 Å². The van der Waals surface area contributed by atoms with Crippen LogP contribution in [0.25, 0.3) is 0 Å². The van der Waals surface area contributed by atoms with Crippen molar-refractivity contribution in [2.75, 3.05) is 0 Å². The summed E-state index contributed by atoms with van der Waals surface area (Å²) in [6.45, 7) is 25.1. The number of hydrogen-bond acceptors (Lipinski definition) is 3. The van der Waals surface area contributed by atoms with Gasteiger partial charge in [0.2, 0.25) is 0 Å². The second-order valence-electron chi connectivity index (χ2n) is 13.0. The highest BCUT2D eigenvalue weighted by atomic mass is 16.5. The lowest BCUT2D eigenvalue weighted by Crippen LogP contribution is -2.28. The maximum atomic E-state index is 13.7. The summed E-state index contributed by atoms with van der Waals surface area (Å²) < 4.78 is 6.24. The molecule has 2 rings (SSSR count). The summed E-state index contributed by atoms with van der Waals surface area (Å²) in [5.74, 6) is 0.467. The first kappa shape index (κ1) is 26.0. The highest BCUT2D eigenvalue weighted by molar-refractivity contribution is 5.94. The predicted octanol–water partition coefficient (Wildman–Crippen LogP) is 7.80. The van der Waals surface area contributed by atoms with Crippen molar-refractivity contribution < 1.29 is 14.6 Å². The van der Waals surface area contributed by atoms with E-state index in [0.29, 0.717) is 11.3 Å². The van der Waals surface area contributed by atoms with Gasteiger partial charge in [-0.05, 0) is 39.4 Å². The third kappa shape index (κ3) is 5.36. The van der Waals surface area contributed by atoms with Crippen molar-refractivity contribution in [2.45, 2.75) is 105 Å². The van der Waals surface area contributed by atoms with Crippen LogP contribution in [0.15, 0.2) is 30.3 Å². The Morgan fingerprint density at radius 2 is 1.09 bits per heavy atom. The van der Waals surface area contributed by atoms with Crippen LogP contribution in [0.1, 0.15) is 116 Å². The lowest BCUT2D eigenvalue weighted by atomic mass is 9.72. The quantitative estimate of drug-likeness (QED) is 0.384. The van der Waals surface area contributed by atoms with Gasteiger partial charge in [-0.15, -0.1) is 0 Å². The van der Waals surface area contributed by atoms with Gasteiger partial charge >= 0.3 is 5.97 Å². The minimum atomic E-state index is -0.386. The van der Waals surface area contributed by atoms with Crippen molar-refractivity contribution in [1.82, 2.24) is 0 Å². The van der Waals surface area contributed by atoms with E-state index in [9.17, 15) is 9.90 Å². The fraction of sp³-hybridized carbons (Fsp3) is 0.552. The zero-order chi connectivity index (χ0) is 24.9. The molecule has 0 atom stereocenters. The molecule has 2 aromatic rings. The van der Waals surface area contributed by atoms with Crippen molar-refractivity contribution in [2.24, 2.45) is 0 Å². The number of carbonyl (C=O) groups is 1. The standard InChI is InChI=1S/C29H42O3/c1-26(2,3)19-14-13-15-20(27(4,5)6)24(19)32-25(31)18-16-17-21(30)23(29(10,11)12)22(18)28(7,8)9/h13-17,30H,1-12H3. The van der Waals surface area contributed by atoms with Crippen molar-refractivity contribution in [3.05, 3.63) is 58.1 Å². The zero-order valence-corrected chi connectivity index (χ0v) is 22.2. The molecule has 3 nitrogen and oxygen atoms in total. The summed E-state index contributed by atoms with van der Waals surface area (Å²) in [6, 6.07) is 9.44. The predicted molar refractivity (Wildman–Crippen MR) is 134 cm³/mol. The normalized spacial score (nSPS) is 13.2. The molecule has 2 aromatic carbocycles. The zero-order valence-electron chi connectivity index (χ0n) is 22.2. The number of esters is 1. The van der Waals surface area contributed by atoms with Gasteiger partial charge in [0.25, 0.3) is 0 Å². The van der Waals surface area contributed by atoms with Crippen molar-refractivity contribution >= 4 is 5.97 Å². The second-order valence-corrected chi connectivity index (χ2v) is 13.0. The minimum Gasteiger partial charge on any atom is -0.508 e. The van der Waals surface area contributed by atoms with Gasteiger partial charge in [0, 0.05) is 16.7 Å². The number of ether oxygens (including phenoxy) is 1. The van der Waals surface area contributed by atoms with Gasteiger partial charge in [0.05, 0.1) is 5.56 Å². The van der Waals surface area contributed by atoms with Crippen LogP contribution >= 0.6 is 0 Å². The number of phenols is 1. The highest BCUT2D eigenvalue weighted by Crippen LogP contribution is 2.43. The van der Waals surface area contributed by atoms with Crippen LogP contribution in [0, 0.1) is 0 Å². The molecule has 0 saturated carbocycles. The number of rotatable bonds is 2. The average molecular weight is 439 g/mol. The summed E-state index contributed by atoms with van der Waals surface area (Å²) in [6.07, 6.45) is 0. The van der Waals surface area contributed by atoms with Crippen LogP contribution in [0.5, 0.6) is 11.5 Å². The van der Waals surface area contributed by atoms with E-state index in [2.05, 4.69) is 83.1 Å². The summed E-state index contributed by atoms with van der Waals surface area (Å²) in [4.78, 5) is 13.7. The van der Waals surface area contributed by atoms with Gasteiger partial charge in [-0.1, -0.05) is 101 Å². The lowest BCUT2D eigenvalue weighted by molar-refractivity contribution is 0.0726. The summed E-state index contributed by atoms with van der Waals surface area (Å²) in [5.41, 5.74) is 3.08. The maximum Gasteiger partial charge on any atom is 0.343 e. The van der Waals surface area contributed by atoms with Gasteiger partial charge < -0.3 is 9.84 Å². The van der Waals surface area contributed by atoms with Crippen molar-refractivity contribution in [3.63, 3.8) is 0 Å². The fourth-order valence-electron chi connectivity index (χ4n) is 4.28. The smallest absolute Gasteiger partial charge is 0.343 e. The number of hydrogen-bond donors (Lipinski definition) is 1. The number of para-hydroxylation sites is 1. The highest BCUT2D eigenvalue weighted by Gasteiger charge is 2.34. The summed E-state index contributed by atoms with van der Waals surface area (Å²) >= 11 is 0. The van der Waals surface area contributed by atoms with E-state index in [1.165, 1.54) is 0 Å². The number of benzene rings is 2. The van der Waals surface area contributed by atoms with Gasteiger partial charge in [-0.3, -0.25) is 0 Å². The van der Waals surface area contributed by atoms with Crippen LogP contribution in [0.3, 0.4) is 0 Å². The molecule has 0 bridgehead atoms. The molecule has 0 aliphatic rings. The molecule has 0 aromatic heterocycles. The Bertz CT molecular complexity index is 969. The molecule has 1 N–H and O–H groups in total. The number of aromatic hydroxyl groups is 1. The molecule has 3 heteroatoms. The van der Waals surface area contributed by atoms with Gasteiger partial charge in [-0.2, -0.15) is 0 Å². The molecule has 0 aliphatic carbocycles. The molecule has 0 unspecified atom stereocenters. The molecule has 0 saturated heterocycles. The van der Waals surface area contributed by atoms with Gasteiger partial charge in [0.15, 0.2) is 0 Å². The molecule has 0 heterocycles. The van der Waals surface area contributed by atoms with Crippen molar-refractivity contribution in [3.8, 4) is 11.5 Å². The molecule has 0 amide bonds.